The fraction of sp³-hybridized carbons (Fsp3) is 0.478. The largest absolute Gasteiger partial charge is 0.337 e. The molecule has 0 unspecified atom stereocenters. The first-order valence-electron chi connectivity index (χ1n) is 10.4. The molecular weight excluding hydrogens is 350 g/mol. The van der Waals surface area contributed by atoms with E-state index in [2.05, 4.69) is 16.2 Å². The van der Waals surface area contributed by atoms with Crippen molar-refractivity contribution >= 4 is 28.4 Å². The van der Waals surface area contributed by atoms with Crippen LogP contribution in [-0.2, 0) is 4.79 Å². The van der Waals surface area contributed by atoms with E-state index in [9.17, 15) is 9.59 Å². The highest BCUT2D eigenvalue weighted by atomic mass is 16.2. The zero-order valence-corrected chi connectivity index (χ0v) is 16.0. The number of hydrogen-bond acceptors (Lipinski definition) is 2. The Labute approximate surface area is 165 Å². The quantitative estimate of drug-likeness (QED) is 0.684. The molecule has 0 heterocycles. The maximum absolute atomic E-state index is 12.5. The number of hydrogen-bond donors (Lipinski definition) is 3. The number of urea groups is 1. The Kier molecular flexibility index (Phi) is 4.26. The van der Waals surface area contributed by atoms with Crippen LogP contribution in [0.3, 0.4) is 0 Å². The lowest BCUT2D eigenvalue weighted by Gasteiger charge is -2.56. The molecule has 3 amide bonds. The van der Waals surface area contributed by atoms with Crippen LogP contribution in [-0.4, -0.2) is 11.9 Å². The van der Waals surface area contributed by atoms with E-state index in [1.807, 2.05) is 42.5 Å². The van der Waals surface area contributed by atoms with Gasteiger partial charge in [0, 0.05) is 11.8 Å². The Balaban J connectivity index is 1.17. The number of carbonyl (C=O) groups excluding carboxylic acids is 2. The summed E-state index contributed by atoms with van der Waals surface area (Å²) in [6.45, 7) is 0. The minimum Gasteiger partial charge on any atom is -0.306 e. The molecule has 4 aliphatic rings. The van der Waals surface area contributed by atoms with Gasteiger partial charge in [-0.1, -0.05) is 36.4 Å². The van der Waals surface area contributed by atoms with Gasteiger partial charge in [0.2, 0.25) is 5.91 Å². The van der Waals surface area contributed by atoms with Crippen molar-refractivity contribution in [2.45, 2.75) is 44.9 Å². The highest BCUT2D eigenvalue weighted by Crippen LogP contribution is 2.61. The minimum absolute atomic E-state index is 0.0741. The summed E-state index contributed by atoms with van der Waals surface area (Å²) in [7, 11) is 0. The van der Waals surface area contributed by atoms with E-state index in [0.717, 1.165) is 34.2 Å². The fourth-order valence-electron chi connectivity index (χ4n) is 6.51. The van der Waals surface area contributed by atoms with Crippen molar-refractivity contribution in [2.75, 3.05) is 5.32 Å². The van der Waals surface area contributed by atoms with E-state index in [0.29, 0.717) is 6.42 Å². The van der Waals surface area contributed by atoms with Gasteiger partial charge < -0.3 is 5.32 Å². The van der Waals surface area contributed by atoms with Crippen LogP contribution >= 0.6 is 0 Å². The highest BCUT2D eigenvalue weighted by molar-refractivity contribution is 6.01. The van der Waals surface area contributed by atoms with Crippen molar-refractivity contribution < 1.29 is 9.59 Å². The second-order valence-electron chi connectivity index (χ2n) is 9.25. The summed E-state index contributed by atoms with van der Waals surface area (Å²) >= 11 is 0. The second-order valence-corrected chi connectivity index (χ2v) is 9.25. The van der Waals surface area contributed by atoms with Gasteiger partial charge in [-0.3, -0.25) is 10.2 Å². The molecule has 2 aromatic rings. The van der Waals surface area contributed by atoms with Crippen molar-refractivity contribution in [1.82, 2.24) is 10.9 Å². The lowest BCUT2D eigenvalue weighted by molar-refractivity contribution is -0.130. The molecule has 4 aliphatic carbocycles. The Morgan fingerprint density at radius 3 is 2.21 bits per heavy atom. The van der Waals surface area contributed by atoms with Crippen molar-refractivity contribution in [3.05, 3.63) is 42.5 Å². The number of fused-ring (bicyclic) bond motifs is 1. The summed E-state index contributed by atoms with van der Waals surface area (Å²) in [5.41, 5.74) is 6.05. The van der Waals surface area contributed by atoms with E-state index in [4.69, 9.17) is 0 Å². The molecule has 28 heavy (non-hydrogen) atoms. The van der Waals surface area contributed by atoms with Gasteiger partial charge in [-0.25, -0.2) is 10.2 Å². The van der Waals surface area contributed by atoms with E-state index >= 15 is 0 Å². The van der Waals surface area contributed by atoms with E-state index in [1.165, 1.54) is 38.5 Å². The molecule has 4 saturated carbocycles. The van der Waals surface area contributed by atoms with Gasteiger partial charge >= 0.3 is 6.03 Å². The van der Waals surface area contributed by atoms with Crippen LogP contribution in [0.2, 0.25) is 0 Å². The smallest absolute Gasteiger partial charge is 0.306 e. The second kappa shape index (κ2) is 6.80. The lowest BCUT2D eigenvalue weighted by atomic mass is 9.49. The van der Waals surface area contributed by atoms with Crippen LogP contribution in [0, 0.1) is 23.2 Å². The van der Waals surface area contributed by atoms with Gasteiger partial charge in [0.05, 0.1) is 5.69 Å². The van der Waals surface area contributed by atoms with Crippen molar-refractivity contribution in [3.63, 3.8) is 0 Å². The summed E-state index contributed by atoms with van der Waals surface area (Å²) in [4.78, 5) is 24.8. The summed E-state index contributed by atoms with van der Waals surface area (Å²) in [5, 5.41) is 4.87. The van der Waals surface area contributed by atoms with Crippen LogP contribution in [0.5, 0.6) is 0 Å². The molecule has 5 heteroatoms. The standard InChI is InChI=1S/C23H27N3O2/c27-21(14-23-11-15-8-16(12-23)10-17(9-15)13-23)25-26-22(28)24-20-7-3-5-18-4-1-2-6-19(18)20/h1-7,15-17H,8-14H2,(H,25,27)(H2,24,26,28). The van der Waals surface area contributed by atoms with E-state index < -0.39 is 6.03 Å². The van der Waals surface area contributed by atoms with Crippen LogP contribution in [0.15, 0.2) is 42.5 Å². The molecule has 0 saturated heterocycles. The molecule has 0 spiro atoms. The zero-order chi connectivity index (χ0) is 19.1. The summed E-state index contributed by atoms with van der Waals surface area (Å²) in [5.74, 6) is 2.39. The van der Waals surface area contributed by atoms with Crippen LogP contribution in [0.4, 0.5) is 10.5 Å². The van der Waals surface area contributed by atoms with Crippen LogP contribution in [0.25, 0.3) is 10.8 Å². The molecular formula is C23H27N3O2. The molecule has 0 aliphatic heterocycles. The predicted molar refractivity (Wildman–Crippen MR) is 109 cm³/mol. The van der Waals surface area contributed by atoms with Gasteiger partial charge in [0.15, 0.2) is 0 Å². The average molecular weight is 377 g/mol. The monoisotopic (exact) mass is 377 g/mol. The van der Waals surface area contributed by atoms with E-state index in [1.54, 1.807) is 0 Å². The number of anilines is 1. The van der Waals surface area contributed by atoms with Gasteiger partial charge in [-0.2, -0.15) is 0 Å². The van der Waals surface area contributed by atoms with E-state index in [-0.39, 0.29) is 11.3 Å². The van der Waals surface area contributed by atoms with Crippen molar-refractivity contribution in [1.29, 1.82) is 0 Å². The van der Waals surface area contributed by atoms with Crippen molar-refractivity contribution in [3.8, 4) is 0 Å². The number of carbonyl (C=O) groups is 2. The van der Waals surface area contributed by atoms with Crippen LogP contribution < -0.4 is 16.2 Å². The minimum atomic E-state index is -0.421. The zero-order valence-electron chi connectivity index (χ0n) is 16.0. The molecule has 3 N–H and O–H groups in total. The predicted octanol–water partition coefficient (Wildman–Crippen LogP) is 4.60. The molecule has 6 rings (SSSR count). The highest BCUT2D eigenvalue weighted by Gasteiger charge is 2.51. The first-order chi connectivity index (χ1) is 13.6. The average Bonchev–Trinajstić information content (AvgIpc) is 2.65. The molecule has 2 aromatic carbocycles. The molecule has 0 atom stereocenters. The van der Waals surface area contributed by atoms with Gasteiger partial charge in [0.25, 0.3) is 0 Å². The summed E-state index contributed by atoms with van der Waals surface area (Å²) in [6.07, 6.45) is 8.20. The number of hydrazine groups is 1. The summed E-state index contributed by atoms with van der Waals surface area (Å²) < 4.78 is 0. The van der Waals surface area contributed by atoms with Crippen LogP contribution in [0.1, 0.15) is 44.9 Å². The third-order valence-corrected chi connectivity index (χ3v) is 7.05. The number of nitrogens with one attached hydrogen (secondary N) is 3. The third-order valence-electron chi connectivity index (χ3n) is 7.05. The van der Waals surface area contributed by atoms with Gasteiger partial charge in [-0.05, 0) is 73.1 Å². The topological polar surface area (TPSA) is 70.2 Å². The summed E-state index contributed by atoms with van der Waals surface area (Å²) in [6, 6.07) is 13.2. The first kappa shape index (κ1) is 17.5. The first-order valence-corrected chi connectivity index (χ1v) is 10.4. The van der Waals surface area contributed by atoms with Gasteiger partial charge in [0.1, 0.15) is 0 Å². The molecule has 4 fully saturated rings. The molecule has 4 bridgehead atoms. The number of amides is 3. The SMILES string of the molecule is O=C(CC12CC3CC(CC(C3)C1)C2)NNC(=O)Nc1cccc2ccccc12. The Bertz CT molecular complexity index is 882. The Hall–Kier alpha value is -2.56. The van der Waals surface area contributed by atoms with Crippen molar-refractivity contribution in [2.24, 2.45) is 23.2 Å². The molecule has 146 valence electrons. The molecule has 0 aromatic heterocycles. The third kappa shape index (κ3) is 3.34. The molecule has 0 radical (unpaired) electrons. The number of rotatable bonds is 3. The molecule has 5 nitrogen and oxygen atoms in total. The fourth-order valence-corrected chi connectivity index (χ4v) is 6.51. The maximum atomic E-state index is 12.5. The number of benzene rings is 2. The lowest BCUT2D eigenvalue weighted by Crippen LogP contribution is -2.50. The van der Waals surface area contributed by atoms with Gasteiger partial charge in [-0.15, -0.1) is 0 Å². The normalized spacial score (nSPS) is 30.2. The maximum Gasteiger partial charge on any atom is 0.337 e. The Morgan fingerprint density at radius 1 is 0.857 bits per heavy atom. The Morgan fingerprint density at radius 2 is 1.50 bits per heavy atom.